The molecule has 10 nitrogen and oxygen atoms in total. The van der Waals surface area contributed by atoms with E-state index < -0.39 is 29.7 Å². The first kappa shape index (κ1) is 22.7. The van der Waals surface area contributed by atoms with Crippen LogP contribution < -0.4 is 21.9 Å². The standard InChI is InChI=1S/C19H30N4O6/c1-3-4-9-23-16(20)15(17(25)21-19(23)27)22(10-11-28-2)14(24)12-29-18(26)13-7-5-6-8-13/h13H,3-12,20H2,1-2H3,(H,21,25,27). The van der Waals surface area contributed by atoms with Crippen LogP contribution in [0.3, 0.4) is 0 Å². The minimum Gasteiger partial charge on any atom is -0.455 e. The molecule has 0 bridgehead atoms. The second-order valence-corrected chi connectivity index (χ2v) is 7.13. The second-order valence-electron chi connectivity index (χ2n) is 7.13. The quantitative estimate of drug-likeness (QED) is 0.540. The SMILES string of the molecule is CCCCn1c(N)c(N(CCOC)C(=O)COC(=O)C2CCCC2)c(=O)[nH]c1=O. The Morgan fingerprint density at radius 1 is 1.28 bits per heavy atom. The van der Waals surface area contributed by atoms with E-state index in [9.17, 15) is 19.2 Å². The smallest absolute Gasteiger partial charge is 0.330 e. The Hall–Kier alpha value is -2.62. The molecule has 1 aromatic heterocycles. The van der Waals surface area contributed by atoms with E-state index in [4.69, 9.17) is 15.2 Å². The maximum atomic E-state index is 12.8. The van der Waals surface area contributed by atoms with Gasteiger partial charge in [0.15, 0.2) is 12.3 Å². The first-order chi connectivity index (χ1) is 13.9. The number of unbranched alkanes of at least 4 members (excludes halogenated alkanes) is 1. The number of methoxy groups -OCH3 is 1. The van der Waals surface area contributed by atoms with Crippen molar-refractivity contribution in [3.63, 3.8) is 0 Å². The molecule has 0 aromatic carbocycles. The van der Waals surface area contributed by atoms with Gasteiger partial charge in [0.25, 0.3) is 11.5 Å². The van der Waals surface area contributed by atoms with Gasteiger partial charge in [-0.15, -0.1) is 0 Å². The second kappa shape index (κ2) is 10.8. The molecule has 0 spiro atoms. The van der Waals surface area contributed by atoms with Gasteiger partial charge in [-0.1, -0.05) is 26.2 Å². The highest BCUT2D eigenvalue weighted by Crippen LogP contribution is 2.26. The zero-order chi connectivity index (χ0) is 21.4. The Morgan fingerprint density at radius 2 is 1.97 bits per heavy atom. The molecule has 1 aromatic rings. The molecule has 162 valence electrons. The molecule has 1 saturated carbocycles. The Bertz CT molecular complexity index is 825. The average Bonchev–Trinajstić information content (AvgIpc) is 3.23. The van der Waals surface area contributed by atoms with Crippen molar-refractivity contribution >= 4 is 23.4 Å². The maximum Gasteiger partial charge on any atom is 0.330 e. The lowest BCUT2D eigenvalue weighted by atomic mass is 10.1. The lowest BCUT2D eigenvalue weighted by molar-refractivity contribution is -0.151. The summed E-state index contributed by atoms with van der Waals surface area (Å²) in [5, 5.41) is 0. The fourth-order valence-electron chi connectivity index (χ4n) is 3.41. The van der Waals surface area contributed by atoms with Crippen molar-refractivity contribution in [1.29, 1.82) is 0 Å². The number of nitrogens with zero attached hydrogens (tertiary/aromatic N) is 2. The number of carbonyl (C=O) groups is 2. The third-order valence-corrected chi connectivity index (χ3v) is 5.07. The number of H-pyrrole nitrogens is 1. The molecule has 0 radical (unpaired) electrons. The molecule has 1 fully saturated rings. The van der Waals surface area contributed by atoms with Crippen molar-refractivity contribution in [3.05, 3.63) is 20.8 Å². The van der Waals surface area contributed by atoms with Crippen LogP contribution in [0.2, 0.25) is 0 Å². The van der Waals surface area contributed by atoms with E-state index in [1.807, 2.05) is 6.92 Å². The molecule has 0 aliphatic heterocycles. The topological polar surface area (TPSA) is 137 Å². The fourth-order valence-corrected chi connectivity index (χ4v) is 3.41. The molecule has 29 heavy (non-hydrogen) atoms. The van der Waals surface area contributed by atoms with Crippen molar-refractivity contribution in [2.45, 2.75) is 52.0 Å². The van der Waals surface area contributed by atoms with Gasteiger partial charge in [-0.05, 0) is 19.3 Å². The van der Waals surface area contributed by atoms with Crippen LogP contribution in [-0.2, 0) is 25.6 Å². The van der Waals surface area contributed by atoms with Gasteiger partial charge in [0.2, 0.25) is 0 Å². The number of rotatable bonds is 10. The van der Waals surface area contributed by atoms with Gasteiger partial charge in [0, 0.05) is 20.2 Å². The normalized spacial score (nSPS) is 14.1. The number of aromatic nitrogens is 2. The van der Waals surface area contributed by atoms with E-state index in [1.165, 1.54) is 11.7 Å². The number of hydrogen-bond acceptors (Lipinski definition) is 7. The Labute approximate surface area is 169 Å². The van der Waals surface area contributed by atoms with Crippen LogP contribution in [0.1, 0.15) is 45.4 Å². The first-order valence-electron chi connectivity index (χ1n) is 9.99. The summed E-state index contributed by atoms with van der Waals surface area (Å²) in [4.78, 5) is 52.8. The zero-order valence-corrected chi connectivity index (χ0v) is 17.1. The lowest BCUT2D eigenvalue weighted by Gasteiger charge is -2.24. The molecule has 1 heterocycles. The summed E-state index contributed by atoms with van der Waals surface area (Å²) in [7, 11) is 1.46. The average molecular weight is 410 g/mol. The number of nitrogens with two attached hydrogens (primary N) is 1. The summed E-state index contributed by atoms with van der Waals surface area (Å²) >= 11 is 0. The molecule has 10 heteroatoms. The minimum absolute atomic E-state index is 0.0234. The minimum atomic E-state index is -0.771. The number of ether oxygens (including phenoxy) is 2. The number of anilines is 2. The molecule has 2 rings (SSSR count). The fraction of sp³-hybridized carbons (Fsp3) is 0.684. The predicted octanol–water partition coefficient (Wildman–Crippen LogP) is 0.632. The number of hydrogen-bond donors (Lipinski definition) is 2. The van der Waals surface area contributed by atoms with Crippen LogP contribution in [-0.4, -0.2) is 48.3 Å². The van der Waals surface area contributed by atoms with Crippen LogP contribution in [0.4, 0.5) is 11.5 Å². The van der Waals surface area contributed by atoms with Gasteiger partial charge in [-0.25, -0.2) is 4.79 Å². The number of carbonyl (C=O) groups excluding carboxylic acids is 2. The number of esters is 1. The number of aromatic amines is 1. The molecule has 0 unspecified atom stereocenters. The Balaban J connectivity index is 2.26. The van der Waals surface area contributed by atoms with E-state index >= 15 is 0 Å². The molecule has 3 N–H and O–H groups in total. The van der Waals surface area contributed by atoms with Gasteiger partial charge in [-0.3, -0.25) is 28.8 Å². The molecule has 0 saturated heterocycles. The van der Waals surface area contributed by atoms with E-state index in [-0.39, 0.29) is 30.6 Å². The van der Waals surface area contributed by atoms with Gasteiger partial charge in [0.05, 0.1) is 12.5 Å². The highest BCUT2D eigenvalue weighted by molar-refractivity contribution is 5.97. The van der Waals surface area contributed by atoms with E-state index in [0.29, 0.717) is 13.0 Å². The monoisotopic (exact) mass is 410 g/mol. The zero-order valence-electron chi connectivity index (χ0n) is 17.1. The third-order valence-electron chi connectivity index (χ3n) is 5.07. The van der Waals surface area contributed by atoms with Gasteiger partial charge < -0.3 is 15.2 Å². The summed E-state index contributed by atoms with van der Waals surface area (Å²) in [6.45, 7) is 1.92. The summed E-state index contributed by atoms with van der Waals surface area (Å²) in [6.07, 6.45) is 4.97. The van der Waals surface area contributed by atoms with Crippen molar-refractivity contribution < 1.29 is 19.1 Å². The van der Waals surface area contributed by atoms with Crippen molar-refractivity contribution in [2.24, 2.45) is 5.92 Å². The van der Waals surface area contributed by atoms with Crippen LogP contribution in [0, 0.1) is 5.92 Å². The van der Waals surface area contributed by atoms with E-state index in [0.717, 1.165) is 37.0 Å². The van der Waals surface area contributed by atoms with E-state index in [2.05, 4.69) is 4.98 Å². The van der Waals surface area contributed by atoms with Crippen molar-refractivity contribution in [1.82, 2.24) is 9.55 Å². The van der Waals surface area contributed by atoms with Gasteiger partial charge in [-0.2, -0.15) is 0 Å². The molecular formula is C19H30N4O6. The third kappa shape index (κ3) is 5.69. The molecule has 1 aliphatic rings. The van der Waals surface area contributed by atoms with Crippen LogP contribution in [0.15, 0.2) is 9.59 Å². The Kier molecular flexibility index (Phi) is 8.44. The van der Waals surface area contributed by atoms with Crippen LogP contribution in [0.5, 0.6) is 0 Å². The molecular weight excluding hydrogens is 380 g/mol. The molecule has 1 amide bonds. The highest BCUT2D eigenvalue weighted by Gasteiger charge is 2.28. The number of amides is 1. The van der Waals surface area contributed by atoms with Crippen LogP contribution in [0.25, 0.3) is 0 Å². The largest absolute Gasteiger partial charge is 0.455 e. The van der Waals surface area contributed by atoms with Crippen molar-refractivity contribution in [3.8, 4) is 0 Å². The predicted molar refractivity (Wildman–Crippen MR) is 108 cm³/mol. The summed E-state index contributed by atoms with van der Waals surface area (Å²) in [6, 6.07) is 0. The Morgan fingerprint density at radius 3 is 2.59 bits per heavy atom. The maximum absolute atomic E-state index is 12.8. The molecule has 0 atom stereocenters. The number of nitrogens with one attached hydrogen (secondary N) is 1. The van der Waals surface area contributed by atoms with Gasteiger partial charge >= 0.3 is 11.7 Å². The summed E-state index contributed by atoms with van der Waals surface area (Å²) in [5.41, 5.74) is 4.55. The first-order valence-corrected chi connectivity index (χ1v) is 9.99. The summed E-state index contributed by atoms with van der Waals surface area (Å²) < 4.78 is 11.4. The lowest BCUT2D eigenvalue weighted by Crippen LogP contribution is -2.44. The van der Waals surface area contributed by atoms with Crippen LogP contribution >= 0.6 is 0 Å². The van der Waals surface area contributed by atoms with E-state index in [1.54, 1.807) is 0 Å². The number of nitrogen functional groups attached to an aromatic ring is 1. The molecule has 1 aliphatic carbocycles. The highest BCUT2D eigenvalue weighted by atomic mass is 16.5. The van der Waals surface area contributed by atoms with Crippen molar-refractivity contribution in [2.75, 3.05) is 37.5 Å². The van der Waals surface area contributed by atoms with Gasteiger partial charge in [0.1, 0.15) is 5.82 Å². The summed E-state index contributed by atoms with van der Waals surface area (Å²) in [5.74, 6) is -1.29.